The Morgan fingerprint density at radius 3 is 2.19 bits per heavy atom. The van der Waals surface area contributed by atoms with Crippen molar-refractivity contribution in [2.24, 2.45) is 4.99 Å². The highest BCUT2D eigenvalue weighted by molar-refractivity contribution is 8.19. The van der Waals surface area contributed by atoms with E-state index in [0.29, 0.717) is 6.54 Å². The summed E-state index contributed by atoms with van der Waals surface area (Å²) < 4.78 is 0. The van der Waals surface area contributed by atoms with Gasteiger partial charge in [-0.05, 0) is 74.5 Å². The van der Waals surface area contributed by atoms with Crippen LogP contribution >= 0.6 is 23.5 Å². The summed E-state index contributed by atoms with van der Waals surface area (Å²) in [6, 6.07) is 26.8. The number of carbonyl (C=O) groups excluding carboxylic acids is 1. The van der Waals surface area contributed by atoms with Gasteiger partial charge in [0.05, 0.1) is 17.9 Å². The molecule has 5 nitrogen and oxygen atoms in total. The van der Waals surface area contributed by atoms with Crippen LogP contribution in [0.2, 0.25) is 0 Å². The molecule has 0 spiro atoms. The summed E-state index contributed by atoms with van der Waals surface area (Å²) in [5, 5.41) is 1.71. The lowest BCUT2D eigenvalue weighted by Gasteiger charge is -2.21. The number of rotatable bonds is 7. The quantitative estimate of drug-likeness (QED) is 0.315. The number of fused-ring (bicyclic) bond motifs is 1. The summed E-state index contributed by atoms with van der Waals surface area (Å²) in [5.74, 6) is 0.0103. The first kappa shape index (κ1) is 24.5. The molecule has 0 N–H and O–H groups in total. The number of thioether (sulfide) groups is 2. The van der Waals surface area contributed by atoms with Crippen molar-refractivity contribution in [1.82, 2.24) is 4.90 Å². The second kappa shape index (κ2) is 10.8. The van der Waals surface area contributed by atoms with Crippen LogP contribution in [0, 0.1) is 0 Å². The second-order valence-corrected chi connectivity index (χ2v) is 10.5. The highest BCUT2D eigenvalue weighted by atomic mass is 32.2. The predicted molar refractivity (Wildman–Crippen MR) is 154 cm³/mol. The predicted octanol–water partition coefficient (Wildman–Crippen LogP) is 7.10. The van der Waals surface area contributed by atoms with E-state index in [4.69, 9.17) is 4.99 Å². The highest BCUT2D eigenvalue weighted by Crippen LogP contribution is 2.50. The van der Waals surface area contributed by atoms with Gasteiger partial charge in [0.15, 0.2) is 5.17 Å². The number of anilines is 2. The summed E-state index contributed by atoms with van der Waals surface area (Å²) in [7, 11) is 0. The lowest BCUT2D eigenvalue weighted by Crippen LogP contribution is -2.29. The Balaban J connectivity index is 1.52. The molecule has 0 aromatic heterocycles. The average molecular weight is 515 g/mol. The molecule has 5 rings (SSSR count). The maximum absolute atomic E-state index is 13.9. The Hall–Kier alpha value is -3.16. The maximum Gasteiger partial charge on any atom is 0.269 e. The van der Waals surface area contributed by atoms with Crippen LogP contribution in [0.5, 0.6) is 0 Å². The van der Waals surface area contributed by atoms with Gasteiger partial charge < -0.3 is 9.80 Å². The van der Waals surface area contributed by atoms with Crippen molar-refractivity contribution in [2.45, 2.75) is 32.2 Å². The van der Waals surface area contributed by atoms with Crippen molar-refractivity contribution in [1.29, 1.82) is 0 Å². The van der Waals surface area contributed by atoms with Gasteiger partial charge in [0.1, 0.15) is 9.93 Å². The van der Waals surface area contributed by atoms with E-state index in [2.05, 4.69) is 73.0 Å². The van der Waals surface area contributed by atoms with Gasteiger partial charge in [0, 0.05) is 30.2 Å². The molecule has 0 unspecified atom stereocenters. The second-order valence-electron chi connectivity index (χ2n) is 8.51. The normalized spacial score (nSPS) is 18.3. The first-order chi connectivity index (χ1) is 17.6. The zero-order valence-electron chi connectivity index (χ0n) is 20.8. The lowest BCUT2D eigenvalue weighted by molar-refractivity contribution is -0.122. The zero-order valence-corrected chi connectivity index (χ0v) is 22.5. The van der Waals surface area contributed by atoms with Crippen LogP contribution in [0.1, 0.15) is 26.3 Å². The van der Waals surface area contributed by atoms with E-state index >= 15 is 0 Å². The third-order valence-electron chi connectivity index (χ3n) is 6.37. The van der Waals surface area contributed by atoms with Gasteiger partial charge in [-0.2, -0.15) is 0 Å². The van der Waals surface area contributed by atoms with E-state index in [0.717, 1.165) is 51.7 Å². The molecule has 0 saturated carbocycles. The van der Waals surface area contributed by atoms with Gasteiger partial charge in [-0.25, -0.2) is 4.99 Å². The topological polar surface area (TPSA) is 39.1 Å². The molecule has 184 valence electrons. The van der Waals surface area contributed by atoms with Crippen molar-refractivity contribution in [3.8, 4) is 0 Å². The molecule has 0 aliphatic carbocycles. The molecule has 1 amide bonds. The van der Waals surface area contributed by atoms with E-state index in [1.807, 2.05) is 41.3 Å². The van der Waals surface area contributed by atoms with Gasteiger partial charge in [0.25, 0.3) is 5.91 Å². The largest absolute Gasteiger partial charge is 0.372 e. The molecule has 0 radical (unpaired) electrons. The van der Waals surface area contributed by atoms with Crippen LogP contribution in [0.4, 0.5) is 17.1 Å². The highest BCUT2D eigenvalue weighted by Gasteiger charge is 2.39. The smallest absolute Gasteiger partial charge is 0.269 e. The summed E-state index contributed by atoms with van der Waals surface area (Å²) in [5.41, 5.74) is 4.27. The number of amidine groups is 1. The zero-order chi connectivity index (χ0) is 25.1. The molecule has 3 aromatic rings. The molecular weight excluding hydrogens is 484 g/mol. The molecule has 0 atom stereocenters. The van der Waals surface area contributed by atoms with Crippen LogP contribution in [0.3, 0.4) is 0 Å². The fourth-order valence-electron chi connectivity index (χ4n) is 4.48. The first-order valence-corrected chi connectivity index (χ1v) is 14.0. The molecule has 3 aromatic carbocycles. The Morgan fingerprint density at radius 2 is 1.50 bits per heavy atom. The summed E-state index contributed by atoms with van der Waals surface area (Å²) in [4.78, 5) is 27.1. The summed E-state index contributed by atoms with van der Waals surface area (Å²) in [6.45, 7) is 9.66. The Bertz CT molecular complexity index is 1300. The molecule has 7 heteroatoms. The molecular formula is C29H30N4OS2. The number of nitrogens with zero attached hydrogens (tertiary/aromatic N) is 4. The van der Waals surface area contributed by atoms with Crippen LogP contribution in [0.25, 0.3) is 0 Å². The van der Waals surface area contributed by atoms with Gasteiger partial charge in [-0.15, -0.1) is 0 Å². The van der Waals surface area contributed by atoms with Gasteiger partial charge in [0.2, 0.25) is 0 Å². The van der Waals surface area contributed by atoms with Crippen LogP contribution in [-0.4, -0.2) is 35.6 Å². The molecule has 0 bridgehead atoms. The SMILES string of the molecule is CCN(CC)c1ccc(N=C2SC(=C3Sc4ccccc4N3CC)C(=O)N2Cc2ccccc2)cc1. The molecule has 36 heavy (non-hydrogen) atoms. The maximum atomic E-state index is 13.9. The van der Waals surface area contributed by atoms with Crippen molar-refractivity contribution < 1.29 is 4.79 Å². The first-order valence-electron chi connectivity index (χ1n) is 12.4. The Morgan fingerprint density at radius 1 is 0.806 bits per heavy atom. The summed E-state index contributed by atoms with van der Waals surface area (Å²) in [6.07, 6.45) is 0. The van der Waals surface area contributed by atoms with Gasteiger partial charge in [-0.3, -0.25) is 9.69 Å². The number of para-hydroxylation sites is 1. The van der Waals surface area contributed by atoms with Crippen LogP contribution in [0.15, 0.2) is 98.7 Å². The molecule has 1 saturated heterocycles. The monoisotopic (exact) mass is 514 g/mol. The van der Waals surface area contributed by atoms with E-state index in [1.165, 1.54) is 22.3 Å². The third-order valence-corrected chi connectivity index (χ3v) is 8.75. The van der Waals surface area contributed by atoms with Crippen LogP contribution < -0.4 is 9.80 Å². The minimum atomic E-state index is 0.0103. The minimum absolute atomic E-state index is 0.0103. The van der Waals surface area contributed by atoms with E-state index in [1.54, 1.807) is 11.8 Å². The van der Waals surface area contributed by atoms with Crippen LogP contribution in [-0.2, 0) is 11.3 Å². The molecule has 2 heterocycles. The Labute approximate surface area is 221 Å². The van der Waals surface area contributed by atoms with Gasteiger partial charge >= 0.3 is 0 Å². The number of hydrogen-bond acceptors (Lipinski definition) is 6. The van der Waals surface area contributed by atoms with Crippen molar-refractivity contribution in [2.75, 3.05) is 29.4 Å². The molecule has 2 aliphatic rings. The number of benzene rings is 3. The number of hydrogen-bond donors (Lipinski definition) is 0. The average Bonchev–Trinajstić information content (AvgIpc) is 3.43. The van der Waals surface area contributed by atoms with Crippen molar-refractivity contribution in [3.05, 3.63) is 94.4 Å². The van der Waals surface area contributed by atoms with Gasteiger partial charge in [-0.1, -0.05) is 54.2 Å². The van der Waals surface area contributed by atoms with E-state index in [-0.39, 0.29) is 5.91 Å². The van der Waals surface area contributed by atoms with E-state index in [9.17, 15) is 4.79 Å². The fourth-order valence-corrected chi connectivity index (χ4v) is 6.87. The number of carbonyl (C=O) groups is 1. The third kappa shape index (κ3) is 4.77. The fraction of sp³-hybridized carbons (Fsp3) is 0.241. The van der Waals surface area contributed by atoms with Crippen molar-refractivity contribution >= 4 is 51.7 Å². The van der Waals surface area contributed by atoms with Crippen molar-refractivity contribution in [3.63, 3.8) is 0 Å². The molecule has 2 aliphatic heterocycles. The minimum Gasteiger partial charge on any atom is -0.372 e. The Kier molecular flexibility index (Phi) is 7.39. The standard InChI is InChI=1S/C29H30N4OS2/c1-4-31(5-2)23-18-16-22(17-19-23)30-29-33(20-21-12-8-7-9-13-21)27(34)26(36-29)28-32(6-3)24-14-10-11-15-25(24)35-28/h7-19H,4-6,20H2,1-3H3. The number of aliphatic imine (C=N–C) groups is 1. The molecule has 1 fully saturated rings. The lowest BCUT2D eigenvalue weighted by atomic mass is 10.2. The summed E-state index contributed by atoms with van der Waals surface area (Å²) >= 11 is 3.15. The number of amides is 1. The van der Waals surface area contributed by atoms with E-state index < -0.39 is 0 Å².